The molecule has 0 aliphatic rings. The lowest BCUT2D eigenvalue weighted by atomic mass is 9.88. The number of carbonyl (C=O) groups excluding carboxylic acids is 1. The van der Waals surface area contributed by atoms with Crippen molar-refractivity contribution in [2.45, 2.75) is 72.6 Å². The molecule has 0 saturated carbocycles. The van der Waals surface area contributed by atoms with Gasteiger partial charge < -0.3 is 0 Å². The van der Waals surface area contributed by atoms with Gasteiger partial charge in [-0.05, 0) is 18.9 Å². The number of carbonyl (C=O) groups is 1. The Hall–Kier alpha value is -1.11. The van der Waals surface area contributed by atoms with Crippen molar-refractivity contribution in [1.82, 2.24) is 0 Å². The van der Waals surface area contributed by atoms with Crippen LogP contribution in [0.4, 0.5) is 0 Å². The van der Waals surface area contributed by atoms with Crippen LogP contribution in [-0.2, 0) is 4.79 Å². The number of aryl methyl sites for hydroxylation is 1. The van der Waals surface area contributed by atoms with Gasteiger partial charge in [-0.1, -0.05) is 76.8 Å². The van der Waals surface area contributed by atoms with E-state index in [0.29, 0.717) is 12.2 Å². The molecule has 0 bridgehead atoms. The largest absolute Gasteiger partial charge is 0.299 e. The molecule has 1 heteroatoms. The second kappa shape index (κ2) is 10.8. The van der Waals surface area contributed by atoms with Gasteiger partial charge in [0.25, 0.3) is 0 Å². The summed E-state index contributed by atoms with van der Waals surface area (Å²) in [5.74, 6) is 0.498. The summed E-state index contributed by atoms with van der Waals surface area (Å²) < 4.78 is 0. The third-order valence-corrected chi connectivity index (χ3v) is 3.28. The Kier molecular flexibility index (Phi) is 10.1. The van der Waals surface area contributed by atoms with Gasteiger partial charge in [0.1, 0.15) is 5.78 Å². The Labute approximate surface area is 119 Å². The summed E-state index contributed by atoms with van der Waals surface area (Å²) in [6.07, 6.45) is 5.23. The van der Waals surface area contributed by atoms with Gasteiger partial charge >= 0.3 is 0 Å². The number of ketones is 1. The van der Waals surface area contributed by atoms with E-state index in [1.165, 1.54) is 24.0 Å². The number of benzene rings is 1. The molecule has 0 aromatic heterocycles. The van der Waals surface area contributed by atoms with Crippen LogP contribution in [0.5, 0.6) is 0 Å². The maximum atomic E-state index is 12.0. The van der Waals surface area contributed by atoms with E-state index in [4.69, 9.17) is 0 Å². The molecule has 0 aliphatic carbocycles. The average molecular weight is 262 g/mol. The molecular formula is C18H30O. The molecule has 0 spiro atoms. The van der Waals surface area contributed by atoms with Crippen LogP contribution < -0.4 is 0 Å². The van der Waals surface area contributed by atoms with E-state index in [2.05, 4.69) is 38.1 Å². The van der Waals surface area contributed by atoms with Crippen molar-refractivity contribution in [3.63, 3.8) is 0 Å². The summed E-state index contributed by atoms with van der Waals surface area (Å²) in [6, 6.07) is 8.39. The Morgan fingerprint density at radius 1 is 1.16 bits per heavy atom. The molecular weight excluding hydrogens is 232 g/mol. The average Bonchev–Trinajstić information content (AvgIpc) is 2.45. The van der Waals surface area contributed by atoms with E-state index in [1.54, 1.807) is 0 Å². The predicted octanol–water partition coefficient (Wildman–Crippen LogP) is 5.66. The van der Waals surface area contributed by atoms with Crippen molar-refractivity contribution >= 4 is 5.78 Å². The highest BCUT2D eigenvalue weighted by atomic mass is 16.1. The molecule has 108 valence electrons. The second-order valence-electron chi connectivity index (χ2n) is 4.78. The van der Waals surface area contributed by atoms with Crippen molar-refractivity contribution in [3.05, 3.63) is 35.4 Å². The van der Waals surface area contributed by atoms with Gasteiger partial charge in [0.15, 0.2) is 0 Å². The Bertz CT molecular complexity index is 354. The molecule has 0 radical (unpaired) electrons. The van der Waals surface area contributed by atoms with Gasteiger partial charge in [0.05, 0.1) is 0 Å². The van der Waals surface area contributed by atoms with Crippen molar-refractivity contribution < 1.29 is 4.79 Å². The number of Topliss-reactive ketones (excluding diaryl/α,β-unsaturated/α-hetero) is 1. The van der Waals surface area contributed by atoms with E-state index < -0.39 is 0 Å². The first kappa shape index (κ1) is 17.9. The van der Waals surface area contributed by atoms with Gasteiger partial charge in [0, 0.05) is 12.3 Å². The summed E-state index contributed by atoms with van der Waals surface area (Å²) in [5, 5.41) is 0. The molecule has 1 nitrogen and oxygen atoms in total. The zero-order valence-corrected chi connectivity index (χ0v) is 13.3. The van der Waals surface area contributed by atoms with Crippen LogP contribution in [0, 0.1) is 6.92 Å². The zero-order valence-electron chi connectivity index (χ0n) is 13.3. The fourth-order valence-electron chi connectivity index (χ4n) is 2.25. The highest BCUT2D eigenvalue weighted by Crippen LogP contribution is 2.25. The zero-order chi connectivity index (χ0) is 14.7. The smallest absolute Gasteiger partial charge is 0.140 e. The van der Waals surface area contributed by atoms with E-state index in [9.17, 15) is 4.79 Å². The second-order valence-corrected chi connectivity index (χ2v) is 4.78. The van der Waals surface area contributed by atoms with Gasteiger partial charge in [-0.25, -0.2) is 0 Å². The molecule has 0 saturated heterocycles. The maximum absolute atomic E-state index is 12.0. The summed E-state index contributed by atoms with van der Waals surface area (Å²) in [5.41, 5.74) is 2.44. The lowest BCUT2D eigenvalue weighted by Gasteiger charge is -2.16. The first-order valence-electron chi connectivity index (χ1n) is 7.78. The minimum atomic E-state index is 0.117. The highest BCUT2D eigenvalue weighted by molar-refractivity contribution is 5.85. The lowest BCUT2D eigenvalue weighted by Crippen LogP contribution is -2.11. The van der Waals surface area contributed by atoms with E-state index in [1.807, 2.05) is 20.8 Å². The molecule has 0 N–H and O–H groups in total. The summed E-state index contributed by atoms with van der Waals surface area (Å²) >= 11 is 0. The minimum absolute atomic E-state index is 0.117. The standard InChI is InChI=1S/C16H24O.C2H6/c1-4-6-7-11-15(16(17)5-2)14-10-8-9-13(3)12-14;1-2/h8-10,12,15H,4-7,11H2,1-3H3;1-2H3. The van der Waals surface area contributed by atoms with E-state index in [0.717, 1.165) is 12.8 Å². The van der Waals surface area contributed by atoms with Crippen molar-refractivity contribution in [1.29, 1.82) is 0 Å². The molecule has 0 fully saturated rings. The van der Waals surface area contributed by atoms with Gasteiger partial charge in [-0.2, -0.15) is 0 Å². The molecule has 1 unspecified atom stereocenters. The summed E-state index contributed by atoms with van der Waals surface area (Å²) in [7, 11) is 0. The topological polar surface area (TPSA) is 17.1 Å². The summed E-state index contributed by atoms with van der Waals surface area (Å²) in [4.78, 5) is 12.0. The molecule has 0 aliphatic heterocycles. The number of hydrogen-bond donors (Lipinski definition) is 0. The molecule has 0 heterocycles. The number of hydrogen-bond acceptors (Lipinski definition) is 1. The van der Waals surface area contributed by atoms with E-state index >= 15 is 0 Å². The molecule has 0 amide bonds. The van der Waals surface area contributed by atoms with Crippen LogP contribution >= 0.6 is 0 Å². The first-order valence-corrected chi connectivity index (χ1v) is 7.78. The molecule has 1 atom stereocenters. The molecule has 1 aromatic rings. The lowest BCUT2D eigenvalue weighted by molar-refractivity contribution is -0.120. The van der Waals surface area contributed by atoms with E-state index in [-0.39, 0.29) is 5.92 Å². The molecule has 1 aromatic carbocycles. The maximum Gasteiger partial charge on any atom is 0.140 e. The van der Waals surface area contributed by atoms with Gasteiger partial charge in [-0.3, -0.25) is 4.79 Å². The molecule has 1 rings (SSSR count). The van der Waals surface area contributed by atoms with Crippen LogP contribution in [0.2, 0.25) is 0 Å². The Morgan fingerprint density at radius 3 is 2.37 bits per heavy atom. The number of unbranched alkanes of at least 4 members (excludes halogenated alkanes) is 2. The van der Waals surface area contributed by atoms with Crippen LogP contribution in [0.3, 0.4) is 0 Å². The van der Waals surface area contributed by atoms with Crippen molar-refractivity contribution in [2.24, 2.45) is 0 Å². The number of rotatable bonds is 7. The van der Waals surface area contributed by atoms with Gasteiger partial charge in [0.2, 0.25) is 0 Å². The monoisotopic (exact) mass is 262 g/mol. The fourth-order valence-corrected chi connectivity index (χ4v) is 2.25. The van der Waals surface area contributed by atoms with Gasteiger partial charge in [-0.15, -0.1) is 0 Å². The predicted molar refractivity (Wildman–Crippen MR) is 84.7 cm³/mol. The fraction of sp³-hybridized carbons (Fsp3) is 0.611. The van der Waals surface area contributed by atoms with Crippen LogP contribution in [0.25, 0.3) is 0 Å². The Balaban J connectivity index is 0.00000154. The first-order chi connectivity index (χ1) is 9.19. The minimum Gasteiger partial charge on any atom is -0.299 e. The van der Waals surface area contributed by atoms with Crippen LogP contribution in [-0.4, -0.2) is 5.78 Å². The van der Waals surface area contributed by atoms with Crippen LogP contribution in [0.1, 0.15) is 76.8 Å². The molecule has 19 heavy (non-hydrogen) atoms. The third kappa shape index (κ3) is 6.56. The quantitative estimate of drug-likeness (QED) is 0.579. The highest BCUT2D eigenvalue weighted by Gasteiger charge is 2.18. The third-order valence-electron chi connectivity index (χ3n) is 3.28. The summed E-state index contributed by atoms with van der Waals surface area (Å²) in [6.45, 7) is 10.2. The van der Waals surface area contributed by atoms with Crippen molar-refractivity contribution in [3.8, 4) is 0 Å². The van der Waals surface area contributed by atoms with Crippen molar-refractivity contribution in [2.75, 3.05) is 0 Å². The SMILES string of the molecule is CC.CCCCCC(C(=O)CC)c1cccc(C)c1. The van der Waals surface area contributed by atoms with Crippen LogP contribution in [0.15, 0.2) is 24.3 Å². The Morgan fingerprint density at radius 2 is 1.84 bits per heavy atom. The normalized spacial score (nSPS) is 11.4.